The number of nitrogens with one attached hydrogen (secondary N) is 3. The Kier molecular flexibility index (Phi) is 13.7. The first-order chi connectivity index (χ1) is 15.4. The molecule has 4 atom stereocenters. The molecule has 0 aromatic heterocycles. The largest absolute Gasteiger partial charge is 0.480 e. The van der Waals surface area contributed by atoms with Gasteiger partial charge in [-0.2, -0.15) is 0 Å². The third-order valence-corrected chi connectivity index (χ3v) is 4.23. The number of carbonyl (C=O) groups excluding carboxylic acids is 4. The number of aliphatic carboxylic acids is 1. The Morgan fingerprint density at radius 2 is 1.30 bits per heavy atom. The van der Waals surface area contributed by atoms with Crippen molar-refractivity contribution in [2.24, 2.45) is 27.9 Å². The summed E-state index contributed by atoms with van der Waals surface area (Å²) in [6, 6.07) is -5.61. The van der Waals surface area contributed by atoms with E-state index in [0.717, 1.165) is 0 Å². The van der Waals surface area contributed by atoms with Gasteiger partial charge in [-0.05, 0) is 19.3 Å². The van der Waals surface area contributed by atoms with Crippen LogP contribution < -0.4 is 38.9 Å². The van der Waals surface area contributed by atoms with Crippen LogP contribution >= 0.6 is 0 Å². The van der Waals surface area contributed by atoms with Crippen molar-refractivity contribution in [2.45, 2.75) is 49.9 Å². The third kappa shape index (κ3) is 12.2. The highest BCUT2D eigenvalue weighted by Crippen LogP contribution is 2.03. The highest BCUT2D eigenvalue weighted by Gasteiger charge is 2.29. The highest BCUT2D eigenvalue weighted by atomic mass is 16.4. The first-order valence-electron chi connectivity index (χ1n) is 9.87. The molecule has 0 saturated heterocycles. The fourth-order valence-corrected chi connectivity index (χ4v) is 2.40. The Balaban J connectivity index is 5.28. The summed E-state index contributed by atoms with van der Waals surface area (Å²) in [6.45, 7) is -1.70. The van der Waals surface area contributed by atoms with Gasteiger partial charge in [-0.1, -0.05) is 0 Å². The van der Waals surface area contributed by atoms with Crippen molar-refractivity contribution < 1.29 is 39.3 Å². The number of rotatable bonds is 16. The van der Waals surface area contributed by atoms with Gasteiger partial charge >= 0.3 is 5.97 Å². The van der Waals surface area contributed by atoms with Gasteiger partial charge in [0.05, 0.1) is 19.3 Å². The molecule has 0 fully saturated rings. The van der Waals surface area contributed by atoms with Gasteiger partial charge < -0.3 is 54.2 Å². The van der Waals surface area contributed by atoms with Crippen molar-refractivity contribution in [1.82, 2.24) is 16.0 Å². The number of primary amides is 1. The van der Waals surface area contributed by atoms with E-state index in [-0.39, 0.29) is 38.2 Å². The molecule has 188 valence electrons. The normalized spacial score (nSPS) is 14.2. The van der Waals surface area contributed by atoms with Gasteiger partial charge in [0, 0.05) is 13.0 Å². The van der Waals surface area contributed by atoms with Crippen LogP contribution in [0.15, 0.2) is 4.99 Å². The molecule has 0 aromatic carbocycles. The van der Waals surface area contributed by atoms with Crippen LogP contribution in [0.1, 0.15) is 25.7 Å². The van der Waals surface area contributed by atoms with E-state index in [1.807, 2.05) is 5.32 Å². The second-order valence-electron chi connectivity index (χ2n) is 6.95. The van der Waals surface area contributed by atoms with Crippen LogP contribution in [-0.2, 0) is 24.0 Å². The lowest BCUT2D eigenvalue weighted by molar-refractivity contribution is -0.143. The summed E-state index contributed by atoms with van der Waals surface area (Å²) in [4.78, 5) is 62.7. The van der Waals surface area contributed by atoms with Crippen molar-refractivity contribution >= 4 is 35.6 Å². The minimum absolute atomic E-state index is 0.00501. The van der Waals surface area contributed by atoms with Gasteiger partial charge in [0.15, 0.2) is 5.96 Å². The third-order valence-electron chi connectivity index (χ3n) is 4.23. The first-order valence-corrected chi connectivity index (χ1v) is 9.87. The number of hydrogen-bond acceptors (Lipinski definition) is 9. The fraction of sp³-hybridized carbons (Fsp3) is 0.647. The van der Waals surface area contributed by atoms with E-state index in [4.69, 9.17) is 33.1 Å². The molecular weight excluding hydrogens is 444 g/mol. The predicted molar refractivity (Wildman–Crippen MR) is 114 cm³/mol. The summed E-state index contributed by atoms with van der Waals surface area (Å²) in [5.74, 6) is -5.10. The summed E-state index contributed by atoms with van der Waals surface area (Å²) in [6.07, 6.45) is 0.0145. The maximum Gasteiger partial charge on any atom is 0.328 e. The zero-order valence-electron chi connectivity index (χ0n) is 17.9. The molecule has 0 saturated carbocycles. The van der Waals surface area contributed by atoms with Crippen LogP contribution in [0, 0.1) is 0 Å². The molecule has 0 aliphatic rings. The number of nitrogens with zero attached hydrogens (tertiary/aromatic N) is 1. The summed E-state index contributed by atoms with van der Waals surface area (Å²) in [5.41, 5.74) is 21.2. The molecule has 4 unspecified atom stereocenters. The molecule has 0 heterocycles. The number of aliphatic hydroxyl groups excluding tert-OH is 2. The number of carboxylic acid groups (broad SMARTS) is 1. The van der Waals surface area contributed by atoms with E-state index in [1.54, 1.807) is 0 Å². The Bertz CT molecular complexity index is 728. The van der Waals surface area contributed by atoms with Gasteiger partial charge in [0.2, 0.25) is 23.6 Å². The quantitative estimate of drug-likeness (QED) is 0.0568. The zero-order valence-corrected chi connectivity index (χ0v) is 17.9. The SMILES string of the molecule is NC(=O)CCC(N)C(=O)NC(CCCN=C(N)N)C(=O)NC(CO)C(=O)NC(CO)C(=O)O. The topological polar surface area (TPSA) is 299 Å². The summed E-state index contributed by atoms with van der Waals surface area (Å²) in [5, 5.41) is 33.8. The van der Waals surface area contributed by atoms with Crippen LogP contribution in [0.3, 0.4) is 0 Å². The van der Waals surface area contributed by atoms with Gasteiger partial charge in [-0.3, -0.25) is 24.2 Å². The van der Waals surface area contributed by atoms with Crippen molar-refractivity contribution in [2.75, 3.05) is 19.8 Å². The second-order valence-corrected chi connectivity index (χ2v) is 6.95. The molecule has 16 heteroatoms. The van der Waals surface area contributed by atoms with Crippen molar-refractivity contribution in [3.63, 3.8) is 0 Å². The molecule has 0 aliphatic heterocycles. The van der Waals surface area contributed by atoms with Crippen LogP contribution in [0.2, 0.25) is 0 Å². The number of hydrogen-bond donors (Lipinski definition) is 10. The molecule has 14 N–H and O–H groups in total. The Hall–Kier alpha value is -3.50. The lowest BCUT2D eigenvalue weighted by atomic mass is 10.1. The maximum absolute atomic E-state index is 12.7. The van der Waals surface area contributed by atoms with Gasteiger partial charge in [0.1, 0.15) is 18.1 Å². The minimum atomic E-state index is -1.65. The number of carbonyl (C=O) groups is 5. The molecule has 4 amide bonds. The molecule has 0 radical (unpaired) electrons. The summed E-state index contributed by atoms with van der Waals surface area (Å²) < 4.78 is 0. The highest BCUT2D eigenvalue weighted by molar-refractivity contribution is 5.94. The molecule has 0 bridgehead atoms. The molecule has 0 spiro atoms. The fourth-order valence-electron chi connectivity index (χ4n) is 2.40. The second kappa shape index (κ2) is 15.3. The average molecular weight is 476 g/mol. The van der Waals surface area contributed by atoms with Crippen molar-refractivity contribution in [1.29, 1.82) is 0 Å². The van der Waals surface area contributed by atoms with Crippen molar-refractivity contribution in [3.8, 4) is 0 Å². The minimum Gasteiger partial charge on any atom is -0.480 e. The van der Waals surface area contributed by atoms with Crippen LogP contribution in [0.5, 0.6) is 0 Å². The maximum atomic E-state index is 12.7. The molecule has 0 rings (SSSR count). The zero-order chi connectivity index (χ0) is 25.6. The molecule has 0 aliphatic carbocycles. The average Bonchev–Trinajstić information content (AvgIpc) is 2.74. The van der Waals surface area contributed by atoms with E-state index >= 15 is 0 Å². The first kappa shape index (κ1) is 29.5. The predicted octanol–water partition coefficient (Wildman–Crippen LogP) is -5.84. The van der Waals surface area contributed by atoms with Gasteiger partial charge in [-0.15, -0.1) is 0 Å². The van der Waals surface area contributed by atoms with Crippen LogP contribution in [0.4, 0.5) is 0 Å². The van der Waals surface area contributed by atoms with Crippen LogP contribution in [0.25, 0.3) is 0 Å². The number of nitrogens with two attached hydrogens (primary N) is 4. The van der Waals surface area contributed by atoms with Crippen LogP contribution in [-0.4, -0.2) is 94.8 Å². The molecule has 16 nitrogen and oxygen atoms in total. The Labute approximate surface area is 189 Å². The molecule has 33 heavy (non-hydrogen) atoms. The Morgan fingerprint density at radius 3 is 1.79 bits per heavy atom. The number of aliphatic hydroxyl groups is 2. The lowest BCUT2D eigenvalue weighted by Crippen LogP contribution is -2.58. The van der Waals surface area contributed by atoms with E-state index in [0.29, 0.717) is 0 Å². The number of carboxylic acids is 1. The van der Waals surface area contributed by atoms with E-state index in [9.17, 15) is 29.1 Å². The number of guanidine groups is 1. The van der Waals surface area contributed by atoms with E-state index < -0.39 is 67.0 Å². The van der Waals surface area contributed by atoms with E-state index in [1.165, 1.54) is 0 Å². The summed E-state index contributed by atoms with van der Waals surface area (Å²) in [7, 11) is 0. The molecular formula is C17H32N8O8. The Morgan fingerprint density at radius 1 is 0.788 bits per heavy atom. The number of amides is 4. The number of aliphatic imine (C=N–C) groups is 1. The smallest absolute Gasteiger partial charge is 0.328 e. The lowest BCUT2D eigenvalue weighted by Gasteiger charge is -2.24. The standard InChI is InChI=1S/C17H32N8O8/c18-8(3-4-12(19)28)13(29)23-9(2-1-5-22-17(20)21)14(30)24-10(6-26)15(31)25-11(7-27)16(32)33/h8-11,26-27H,1-7,18H2,(H2,19,28)(H,23,29)(H,24,30)(H,25,31)(H,32,33)(H4,20,21,22). The monoisotopic (exact) mass is 476 g/mol. The van der Waals surface area contributed by atoms with Gasteiger partial charge in [-0.25, -0.2) is 4.79 Å². The van der Waals surface area contributed by atoms with Crippen molar-refractivity contribution in [3.05, 3.63) is 0 Å². The molecule has 0 aromatic rings. The van der Waals surface area contributed by atoms with Gasteiger partial charge in [0.25, 0.3) is 0 Å². The van der Waals surface area contributed by atoms with E-state index in [2.05, 4.69) is 15.6 Å². The summed E-state index contributed by atoms with van der Waals surface area (Å²) >= 11 is 0.